The Labute approximate surface area is 193 Å². The van der Waals surface area contributed by atoms with Crippen molar-refractivity contribution in [2.75, 3.05) is 53.9 Å². The highest BCUT2D eigenvalue weighted by molar-refractivity contribution is 5.79. The first-order valence-corrected chi connectivity index (χ1v) is 12.6. The van der Waals surface area contributed by atoms with Crippen molar-refractivity contribution < 1.29 is 4.79 Å². The minimum absolute atomic E-state index is 0.121. The molecule has 0 aromatic carbocycles. The van der Waals surface area contributed by atoms with Crippen LogP contribution in [0.25, 0.3) is 0 Å². The Morgan fingerprint density at radius 3 is 1.90 bits per heavy atom. The van der Waals surface area contributed by atoms with Crippen LogP contribution < -0.4 is 0 Å². The molecule has 2 fully saturated rings. The van der Waals surface area contributed by atoms with Gasteiger partial charge in [-0.05, 0) is 120 Å². The average Bonchev–Trinajstić information content (AvgIpc) is 3.09. The van der Waals surface area contributed by atoms with Crippen LogP contribution in [0.15, 0.2) is 0 Å². The van der Waals surface area contributed by atoms with Crippen molar-refractivity contribution in [3.63, 3.8) is 0 Å². The fourth-order valence-electron chi connectivity index (χ4n) is 5.15. The number of hydrogen-bond acceptors (Lipinski definition) is 4. The van der Waals surface area contributed by atoms with Gasteiger partial charge in [0, 0.05) is 42.7 Å². The highest BCUT2D eigenvalue weighted by Gasteiger charge is 2.37. The van der Waals surface area contributed by atoms with Crippen LogP contribution in [0.4, 0.5) is 0 Å². The van der Waals surface area contributed by atoms with Crippen molar-refractivity contribution in [2.45, 2.75) is 97.2 Å². The van der Waals surface area contributed by atoms with E-state index in [0.717, 1.165) is 44.7 Å². The van der Waals surface area contributed by atoms with E-state index in [1.807, 2.05) is 7.05 Å². The minimum Gasteiger partial charge on any atom is -0.340 e. The summed E-state index contributed by atoms with van der Waals surface area (Å²) in [5.41, 5.74) is 0.217. The fraction of sp³-hybridized carbons (Fsp3) is 0.962. The summed E-state index contributed by atoms with van der Waals surface area (Å²) < 4.78 is 0. The molecule has 0 aliphatic carbocycles. The van der Waals surface area contributed by atoms with Gasteiger partial charge in [0.05, 0.1) is 0 Å². The van der Waals surface area contributed by atoms with Gasteiger partial charge in [-0.3, -0.25) is 9.69 Å². The molecule has 1 unspecified atom stereocenters. The van der Waals surface area contributed by atoms with Gasteiger partial charge in [-0.25, -0.2) is 0 Å². The predicted octanol–water partition coefficient (Wildman–Crippen LogP) is 4.18. The molecule has 2 rings (SSSR count). The molecule has 2 aliphatic rings. The van der Waals surface area contributed by atoms with E-state index in [0.29, 0.717) is 5.91 Å². The van der Waals surface area contributed by atoms with Crippen molar-refractivity contribution >= 4 is 5.91 Å². The molecule has 2 saturated heterocycles. The molecule has 1 amide bonds. The first-order valence-electron chi connectivity index (χ1n) is 12.6. The summed E-state index contributed by atoms with van der Waals surface area (Å²) in [7, 11) is 6.54. The molecule has 0 aromatic rings. The number of piperidine rings is 1. The monoisotopic (exact) mass is 436 g/mol. The van der Waals surface area contributed by atoms with Crippen molar-refractivity contribution in [1.82, 2.24) is 19.6 Å². The quantitative estimate of drug-likeness (QED) is 0.571. The second-order valence-corrected chi connectivity index (χ2v) is 12.8. The summed E-state index contributed by atoms with van der Waals surface area (Å²) >= 11 is 0. The number of rotatable bonds is 8. The van der Waals surface area contributed by atoms with Gasteiger partial charge in [0.25, 0.3) is 0 Å². The largest absolute Gasteiger partial charge is 0.340 e. The molecule has 0 bridgehead atoms. The number of hydrogen-bond donors (Lipinski definition) is 0. The first-order chi connectivity index (χ1) is 14.1. The Morgan fingerprint density at radius 2 is 1.42 bits per heavy atom. The zero-order chi connectivity index (χ0) is 23.6. The molecular weight excluding hydrogens is 384 g/mol. The smallest absolute Gasteiger partial charge is 0.225 e. The Balaban J connectivity index is 1.86. The van der Waals surface area contributed by atoms with Gasteiger partial charge >= 0.3 is 0 Å². The van der Waals surface area contributed by atoms with Crippen LogP contribution in [-0.2, 0) is 4.79 Å². The van der Waals surface area contributed by atoms with Gasteiger partial charge in [0.1, 0.15) is 0 Å². The topological polar surface area (TPSA) is 30.0 Å². The summed E-state index contributed by atoms with van der Waals surface area (Å²) in [6.45, 7) is 21.7. The molecule has 0 spiro atoms. The number of nitrogens with zero attached hydrogens (tertiary/aromatic N) is 4. The van der Waals surface area contributed by atoms with Crippen LogP contribution in [0.2, 0.25) is 0 Å². The summed E-state index contributed by atoms with van der Waals surface area (Å²) in [4.78, 5) is 22.9. The third kappa shape index (κ3) is 7.17. The molecule has 31 heavy (non-hydrogen) atoms. The van der Waals surface area contributed by atoms with E-state index in [9.17, 15) is 4.79 Å². The lowest BCUT2D eigenvalue weighted by Crippen LogP contribution is -2.53. The summed E-state index contributed by atoms with van der Waals surface area (Å²) in [5, 5.41) is 0. The summed E-state index contributed by atoms with van der Waals surface area (Å²) in [6, 6.07) is 0. The van der Waals surface area contributed by atoms with E-state index in [-0.39, 0.29) is 22.5 Å². The van der Waals surface area contributed by atoms with Crippen molar-refractivity contribution in [3.8, 4) is 0 Å². The summed E-state index contributed by atoms with van der Waals surface area (Å²) in [6.07, 6.45) is 5.41. The highest BCUT2D eigenvalue weighted by Crippen LogP contribution is 2.31. The molecule has 2 aliphatic heterocycles. The van der Waals surface area contributed by atoms with E-state index in [1.165, 1.54) is 26.1 Å². The number of amides is 1. The zero-order valence-corrected chi connectivity index (χ0v) is 22.4. The van der Waals surface area contributed by atoms with Crippen molar-refractivity contribution in [3.05, 3.63) is 0 Å². The Morgan fingerprint density at radius 1 is 0.871 bits per heavy atom. The fourth-order valence-corrected chi connectivity index (χ4v) is 5.15. The van der Waals surface area contributed by atoms with E-state index in [1.54, 1.807) is 0 Å². The standard InChI is InChI=1S/C26H52N4O/c1-24(2,3)30-17-12-22(13-18-30)23(31)29(10)26(6,7)15-14-25(4,5)28(9)20-21-11-16-27(8)19-21/h21-22H,11-20H2,1-10H3. The van der Waals surface area contributed by atoms with Gasteiger partial charge in [0.2, 0.25) is 5.91 Å². The molecule has 1 atom stereocenters. The van der Waals surface area contributed by atoms with Gasteiger partial charge in [-0.2, -0.15) is 0 Å². The van der Waals surface area contributed by atoms with Crippen LogP contribution in [0.3, 0.4) is 0 Å². The van der Waals surface area contributed by atoms with Crippen LogP contribution >= 0.6 is 0 Å². The van der Waals surface area contributed by atoms with Crippen molar-refractivity contribution in [2.24, 2.45) is 11.8 Å². The maximum Gasteiger partial charge on any atom is 0.225 e. The Bertz CT molecular complexity index is 587. The maximum absolute atomic E-state index is 13.3. The normalized spacial score (nSPS) is 23.0. The van der Waals surface area contributed by atoms with Gasteiger partial charge in [0.15, 0.2) is 0 Å². The molecule has 2 heterocycles. The van der Waals surface area contributed by atoms with Crippen LogP contribution in [0.1, 0.15) is 80.6 Å². The molecule has 182 valence electrons. The molecule has 5 nitrogen and oxygen atoms in total. The van der Waals surface area contributed by atoms with Gasteiger partial charge in [-0.15, -0.1) is 0 Å². The van der Waals surface area contributed by atoms with Crippen molar-refractivity contribution in [1.29, 1.82) is 0 Å². The molecular formula is C26H52N4O. The third-order valence-corrected chi connectivity index (χ3v) is 8.43. The van der Waals surface area contributed by atoms with E-state index < -0.39 is 0 Å². The lowest BCUT2D eigenvalue weighted by atomic mass is 9.85. The minimum atomic E-state index is -0.121. The zero-order valence-electron chi connectivity index (χ0n) is 22.4. The van der Waals surface area contributed by atoms with Crippen LogP contribution in [-0.4, -0.2) is 96.0 Å². The Hall–Kier alpha value is -0.650. The Kier molecular flexibility index (Phi) is 8.66. The lowest BCUT2D eigenvalue weighted by Gasteiger charge is -2.44. The molecule has 5 heteroatoms. The first kappa shape index (κ1) is 26.6. The second kappa shape index (κ2) is 10.1. The van der Waals surface area contributed by atoms with Gasteiger partial charge < -0.3 is 14.7 Å². The molecule has 0 saturated carbocycles. The number of likely N-dealkylation sites (tertiary alicyclic amines) is 2. The molecule has 0 N–H and O–H groups in total. The molecule has 0 aromatic heterocycles. The lowest BCUT2D eigenvalue weighted by molar-refractivity contribution is -0.141. The van der Waals surface area contributed by atoms with E-state index in [2.05, 4.69) is 82.2 Å². The second-order valence-electron chi connectivity index (χ2n) is 12.8. The van der Waals surface area contributed by atoms with Gasteiger partial charge in [-0.1, -0.05) is 0 Å². The van der Waals surface area contributed by atoms with E-state index >= 15 is 0 Å². The summed E-state index contributed by atoms with van der Waals surface area (Å²) in [5.74, 6) is 1.31. The number of carbonyl (C=O) groups excluding carboxylic acids is 1. The third-order valence-electron chi connectivity index (χ3n) is 8.43. The average molecular weight is 437 g/mol. The maximum atomic E-state index is 13.3. The van der Waals surface area contributed by atoms with Crippen LogP contribution in [0, 0.1) is 11.8 Å². The predicted molar refractivity (Wildman–Crippen MR) is 132 cm³/mol. The number of carbonyl (C=O) groups is 1. The SMILES string of the molecule is CN1CCC(CN(C)C(C)(C)CCC(C)(C)N(C)C(=O)C2CCN(C(C)(C)C)CC2)C1. The van der Waals surface area contributed by atoms with Crippen LogP contribution in [0.5, 0.6) is 0 Å². The highest BCUT2D eigenvalue weighted by atomic mass is 16.2. The van der Waals surface area contributed by atoms with E-state index in [4.69, 9.17) is 0 Å². The molecule has 0 radical (unpaired) electrons.